The van der Waals surface area contributed by atoms with Crippen LogP contribution in [0.3, 0.4) is 0 Å². The SMILES string of the molecule is CCCCC[C@@H](C=C[C@H]1[C@H](C)CC(=O)[C@@H]1CCCCCCC(=O)O)OC1CCCCO1. The summed E-state index contributed by atoms with van der Waals surface area (Å²) in [6.45, 7) is 5.20. The molecule has 5 heteroatoms. The number of hydrogen-bond donors (Lipinski definition) is 1. The molecule has 1 N–H and O–H groups in total. The molecule has 0 aromatic heterocycles. The second-order valence-electron chi connectivity index (χ2n) is 9.53. The zero-order chi connectivity index (χ0) is 22.5. The average Bonchev–Trinajstić information content (AvgIpc) is 3.01. The molecule has 1 unspecified atom stereocenters. The van der Waals surface area contributed by atoms with E-state index < -0.39 is 5.97 Å². The Morgan fingerprint density at radius 2 is 2.00 bits per heavy atom. The Kier molecular flexibility index (Phi) is 12.4. The van der Waals surface area contributed by atoms with Crippen molar-refractivity contribution in [1.82, 2.24) is 0 Å². The van der Waals surface area contributed by atoms with Crippen LogP contribution in [0.25, 0.3) is 0 Å². The Labute approximate surface area is 189 Å². The van der Waals surface area contributed by atoms with Crippen LogP contribution < -0.4 is 0 Å². The van der Waals surface area contributed by atoms with Gasteiger partial charge in [-0.2, -0.15) is 0 Å². The van der Waals surface area contributed by atoms with Gasteiger partial charge in [-0.1, -0.05) is 64.5 Å². The zero-order valence-electron chi connectivity index (χ0n) is 19.7. The lowest BCUT2D eigenvalue weighted by Gasteiger charge is -2.27. The van der Waals surface area contributed by atoms with E-state index in [0.29, 0.717) is 18.1 Å². The summed E-state index contributed by atoms with van der Waals surface area (Å²) in [7, 11) is 0. The van der Waals surface area contributed by atoms with Gasteiger partial charge in [-0.15, -0.1) is 0 Å². The highest BCUT2D eigenvalue weighted by molar-refractivity contribution is 5.84. The maximum Gasteiger partial charge on any atom is 0.303 e. The molecule has 5 nitrogen and oxygen atoms in total. The van der Waals surface area contributed by atoms with Crippen LogP contribution in [0.1, 0.15) is 104 Å². The Bertz CT molecular complexity index is 552. The first-order valence-corrected chi connectivity index (χ1v) is 12.7. The van der Waals surface area contributed by atoms with E-state index in [-0.39, 0.29) is 30.7 Å². The summed E-state index contributed by atoms with van der Waals surface area (Å²) < 4.78 is 12.1. The normalized spacial score (nSPS) is 27.7. The largest absolute Gasteiger partial charge is 0.481 e. The lowest BCUT2D eigenvalue weighted by atomic mass is 9.85. The minimum Gasteiger partial charge on any atom is -0.481 e. The first-order valence-electron chi connectivity index (χ1n) is 12.7. The molecule has 31 heavy (non-hydrogen) atoms. The molecule has 2 rings (SSSR count). The fourth-order valence-electron chi connectivity index (χ4n) is 4.96. The number of ether oxygens (including phenoxy) is 2. The smallest absolute Gasteiger partial charge is 0.303 e. The van der Waals surface area contributed by atoms with Crippen LogP contribution in [-0.4, -0.2) is 35.9 Å². The number of hydrogen-bond acceptors (Lipinski definition) is 4. The Morgan fingerprint density at radius 1 is 1.19 bits per heavy atom. The van der Waals surface area contributed by atoms with Gasteiger partial charge in [-0.05, 0) is 50.4 Å². The number of unbranched alkanes of at least 4 members (excludes halogenated alkanes) is 5. The summed E-state index contributed by atoms with van der Waals surface area (Å²) >= 11 is 0. The lowest BCUT2D eigenvalue weighted by molar-refractivity contribution is -0.179. The predicted octanol–water partition coefficient (Wildman–Crippen LogP) is 6.30. The molecule has 0 radical (unpaired) electrons. The standard InChI is InChI=1S/C26H44O5/c1-3-4-7-12-21(31-26-15-10-11-18-30-26)16-17-22-20(2)19-24(27)23(22)13-8-5-6-9-14-25(28)29/h16-17,20-23,26H,3-15,18-19H2,1-2H3,(H,28,29)/t20-,21+,22+,23-,26?/m1/s1. The van der Waals surface area contributed by atoms with E-state index in [1.54, 1.807) is 0 Å². The van der Waals surface area contributed by atoms with Crippen molar-refractivity contribution in [3.05, 3.63) is 12.2 Å². The molecule has 0 aromatic carbocycles. The summed E-state index contributed by atoms with van der Waals surface area (Å²) in [5.41, 5.74) is 0. The molecule has 1 heterocycles. The van der Waals surface area contributed by atoms with E-state index >= 15 is 0 Å². The molecule has 0 aromatic rings. The second-order valence-corrected chi connectivity index (χ2v) is 9.53. The molecule has 0 bridgehead atoms. The summed E-state index contributed by atoms with van der Waals surface area (Å²) in [5, 5.41) is 8.75. The van der Waals surface area contributed by atoms with Crippen molar-refractivity contribution in [2.75, 3.05) is 6.61 Å². The second kappa shape index (κ2) is 14.8. The summed E-state index contributed by atoms with van der Waals surface area (Å²) in [5.74, 6) is 0.443. The minimum absolute atomic E-state index is 0.0641. The van der Waals surface area contributed by atoms with E-state index in [0.717, 1.165) is 64.4 Å². The van der Waals surface area contributed by atoms with Crippen molar-refractivity contribution in [2.45, 2.75) is 116 Å². The third-order valence-corrected chi connectivity index (χ3v) is 6.82. The number of Topliss-reactive ketones (excluding diaryl/α,β-unsaturated/α-hetero) is 1. The van der Waals surface area contributed by atoms with Gasteiger partial charge in [-0.3, -0.25) is 9.59 Å². The number of carboxylic acids is 1. The monoisotopic (exact) mass is 436 g/mol. The highest BCUT2D eigenvalue weighted by atomic mass is 16.7. The predicted molar refractivity (Wildman–Crippen MR) is 123 cm³/mol. The third kappa shape index (κ3) is 9.86. The fourth-order valence-corrected chi connectivity index (χ4v) is 4.96. The number of ketones is 1. The van der Waals surface area contributed by atoms with Crippen LogP contribution in [-0.2, 0) is 19.1 Å². The van der Waals surface area contributed by atoms with Gasteiger partial charge in [-0.25, -0.2) is 0 Å². The maximum absolute atomic E-state index is 12.6. The average molecular weight is 437 g/mol. The quantitative estimate of drug-likeness (QED) is 0.241. The Hall–Kier alpha value is -1.20. The molecular formula is C26H44O5. The summed E-state index contributed by atoms with van der Waals surface area (Å²) in [6.07, 6.45) is 17.8. The van der Waals surface area contributed by atoms with Crippen LogP contribution in [0.4, 0.5) is 0 Å². The lowest BCUT2D eigenvalue weighted by Crippen LogP contribution is -2.27. The first kappa shape index (κ1) is 26.1. The molecule has 1 saturated heterocycles. The van der Waals surface area contributed by atoms with Crippen molar-refractivity contribution in [1.29, 1.82) is 0 Å². The molecule has 5 atom stereocenters. The zero-order valence-corrected chi connectivity index (χ0v) is 19.7. The van der Waals surface area contributed by atoms with Crippen molar-refractivity contribution >= 4 is 11.8 Å². The maximum atomic E-state index is 12.6. The summed E-state index contributed by atoms with van der Waals surface area (Å²) in [6, 6.07) is 0. The third-order valence-electron chi connectivity index (χ3n) is 6.82. The van der Waals surface area contributed by atoms with Crippen molar-refractivity contribution < 1.29 is 24.2 Å². The van der Waals surface area contributed by atoms with E-state index in [4.69, 9.17) is 14.6 Å². The molecular weight excluding hydrogens is 392 g/mol. The van der Waals surface area contributed by atoms with Gasteiger partial charge in [0.2, 0.25) is 0 Å². The van der Waals surface area contributed by atoms with Gasteiger partial charge in [0.1, 0.15) is 5.78 Å². The number of rotatable bonds is 15. The van der Waals surface area contributed by atoms with Crippen molar-refractivity contribution in [2.24, 2.45) is 17.8 Å². The molecule has 1 saturated carbocycles. The molecule has 2 fully saturated rings. The molecule has 1 aliphatic carbocycles. The first-order chi connectivity index (χ1) is 15.0. The van der Waals surface area contributed by atoms with E-state index in [2.05, 4.69) is 26.0 Å². The van der Waals surface area contributed by atoms with Crippen molar-refractivity contribution in [3.63, 3.8) is 0 Å². The van der Waals surface area contributed by atoms with Gasteiger partial charge in [0, 0.05) is 25.4 Å². The van der Waals surface area contributed by atoms with Crippen LogP contribution in [0.15, 0.2) is 12.2 Å². The number of aliphatic carboxylic acids is 1. The summed E-state index contributed by atoms with van der Waals surface area (Å²) in [4.78, 5) is 23.2. The van der Waals surface area contributed by atoms with E-state index in [9.17, 15) is 9.59 Å². The van der Waals surface area contributed by atoms with Crippen molar-refractivity contribution in [3.8, 4) is 0 Å². The molecule has 0 spiro atoms. The highest BCUT2D eigenvalue weighted by Crippen LogP contribution is 2.38. The van der Waals surface area contributed by atoms with Crippen LogP contribution in [0, 0.1) is 17.8 Å². The van der Waals surface area contributed by atoms with Gasteiger partial charge in [0.15, 0.2) is 6.29 Å². The van der Waals surface area contributed by atoms with Crippen LogP contribution in [0.5, 0.6) is 0 Å². The number of carbonyl (C=O) groups is 2. The fraction of sp³-hybridized carbons (Fsp3) is 0.846. The molecule has 178 valence electrons. The van der Waals surface area contributed by atoms with Crippen LogP contribution >= 0.6 is 0 Å². The minimum atomic E-state index is -0.723. The van der Waals surface area contributed by atoms with Gasteiger partial charge >= 0.3 is 5.97 Å². The topological polar surface area (TPSA) is 72.8 Å². The van der Waals surface area contributed by atoms with Gasteiger partial charge < -0.3 is 14.6 Å². The molecule has 1 aliphatic heterocycles. The number of carbonyl (C=O) groups excluding carboxylic acids is 1. The van der Waals surface area contributed by atoms with Crippen LogP contribution in [0.2, 0.25) is 0 Å². The highest BCUT2D eigenvalue weighted by Gasteiger charge is 2.38. The van der Waals surface area contributed by atoms with Gasteiger partial charge in [0.25, 0.3) is 0 Å². The number of carboxylic acid groups (broad SMARTS) is 1. The molecule has 2 aliphatic rings. The van der Waals surface area contributed by atoms with E-state index in [1.165, 1.54) is 19.3 Å². The number of allylic oxidation sites excluding steroid dienone is 1. The van der Waals surface area contributed by atoms with E-state index in [1.807, 2.05) is 0 Å². The Balaban J connectivity index is 1.88. The Morgan fingerprint density at radius 3 is 2.71 bits per heavy atom. The molecule has 0 amide bonds. The van der Waals surface area contributed by atoms with Gasteiger partial charge in [0.05, 0.1) is 6.10 Å².